The van der Waals surface area contributed by atoms with E-state index in [-0.39, 0.29) is 5.97 Å². The maximum absolute atomic E-state index is 11.5. The van der Waals surface area contributed by atoms with Crippen LogP contribution in [0, 0.1) is 0 Å². The van der Waals surface area contributed by atoms with Crippen LogP contribution in [0.25, 0.3) is 4.96 Å². The van der Waals surface area contributed by atoms with Gasteiger partial charge in [-0.1, -0.05) is 0 Å². The third-order valence-electron chi connectivity index (χ3n) is 2.90. The quantitative estimate of drug-likeness (QED) is 0.679. The summed E-state index contributed by atoms with van der Waals surface area (Å²) in [6, 6.07) is 6.90. The van der Waals surface area contributed by atoms with Crippen LogP contribution in [0.2, 0.25) is 0 Å². The molecular formula is C15H14N2O3S. The Bertz CT molecular complexity index is 717. The van der Waals surface area contributed by atoms with Gasteiger partial charge >= 0.3 is 5.97 Å². The van der Waals surface area contributed by atoms with Crippen molar-refractivity contribution >= 4 is 22.3 Å². The number of ether oxygens (including phenoxy) is 2. The molecular weight excluding hydrogens is 288 g/mol. The second-order valence-corrected chi connectivity index (χ2v) is 5.23. The number of esters is 1. The number of rotatable bonds is 5. The molecule has 0 N–H and O–H groups in total. The van der Waals surface area contributed by atoms with E-state index in [1.807, 2.05) is 22.2 Å². The van der Waals surface area contributed by atoms with Gasteiger partial charge in [0.05, 0.1) is 17.9 Å². The minimum Gasteiger partial charge on any atom is -0.487 e. The molecule has 1 aromatic carbocycles. The maximum Gasteiger partial charge on any atom is 0.338 e. The van der Waals surface area contributed by atoms with E-state index in [0.717, 1.165) is 10.7 Å². The number of carbonyl (C=O) groups is 1. The van der Waals surface area contributed by atoms with Crippen molar-refractivity contribution in [3.05, 3.63) is 53.3 Å². The van der Waals surface area contributed by atoms with Gasteiger partial charge in [0.25, 0.3) is 0 Å². The lowest BCUT2D eigenvalue weighted by Crippen LogP contribution is -2.04. The fraction of sp³-hybridized carbons (Fsp3) is 0.200. The normalized spacial score (nSPS) is 10.7. The van der Waals surface area contributed by atoms with Gasteiger partial charge in [-0.25, -0.2) is 9.78 Å². The van der Waals surface area contributed by atoms with E-state index in [1.165, 1.54) is 0 Å². The number of aromatic nitrogens is 2. The zero-order chi connectivity index (χ0) is 14.7. The Labute approximate surface area is 125 Å². The molecule has 0 saturated carbocycles. The predicted octanol–water partition coefficient (Wildman–Crippen LogP) is 3.15. The molecule has 0 aliphatic carbocycles. The highest BCUT2D eigenvalue weighted by molar-refractivity contribution is 7.15. The van der Waals surface area contributed by atoms with Crippen LogP contribution in [0.3, 0.4) is 0 Å². The molecule has 2 aromatic heterocycles. The van der Waals surface area contributed by atoms with Gasteiger partial charge in [0.2, 0.25) is 0 Å². The molecule has 5 nitrogen and oxygen atoms in total. The summed E-state index contributed by atoms with van der Waals surface area (Å²) in [7, 11) is 0. The lowest BCUT2D eigenvalue weighted by atomic mass is 10.2. The Balaban J connectivity index is 1.62. The summed E-state index contributed by atoms with van der Waals surface area (Å²) in [6.07, 6.45) is 3.91. The van der Waals surface area contributed by atoms with E-state index in [2.05, 4.69) is 4.98 Å². The Morgan fingerprint density at radius 3 is 2.86 bits per heavy atom. The van der Waals surface area contributed by atoms with Gasteiger partial charge in [0.1, 0.15) is 12.4 Å². The molecule has 0 aliphatic rings. The van der Waals surface area contributed by atoms with Gasteiger partial charge in [0.15, 0.2) is 4.96 Å². The standard InChI is InChI=1S/C15H14N2O3S/c1-2-19-14(18)11-3-5-13(6-4-11)20-10-12-9-17-7-8-21-15(17)16-12/h3-9H,2,10H2,1H3. The third-order valence-corrected chi connectivity index (χ3v) is 3.67. The highest BCUT2D eigenvalue weighted by Crippen LogP contribution is 2.16. The number of hydrogen-bond acceptors (Lipinski definition) is 5. The van der Waals surface area contributed by atoms with Gasteiger partial charge in [-0.3, -0.25) is 4.40 Å². The lowest BCUT2D eigenvalue weighted by Gasteiger charge is -2.05. The number of nitrogens with zero attached hydrogens (tertiary/aromatic N) is 2. The monoisotopic (exact) mass is 302 g/mol. The number of thiazole rings is 1. The summed E-state index contributed by atoms with van der Waals surface area (Å²) in [5.41, 5.74) is 1.39. The van der Waals surface area contributed by atoms with Crippen molar-refractivity contribution in [1.29, 1.82) is 0 Å². The molecule has 0 aliphatic heterocycles. The summed E-state index contributed by atoms with van der Waals surface area (Å²) < 4.78 is 12.6. The van der Waals surface area contributed by atoms with Crippen LogP contribution in [0.4, 0.5) is 0 Å². The first-order chi connectivity index (χ1) is 10.3. The van der Waals surface area contributed by atoms with E-state index in [0.29, 0.717) is 24.5 Å². The molecule has 0 radical (unpaired) electrons. The molecule has 21 heavy (non-hydrogen) atoms. The molecule has 0 bridgehead atoms. The fourth-order valence-corrected chi connectivity index (χ4v) is 2.62. The van der Waals surface area contributed by atoms with Gasteiger partial charge < -0.3 is 9.47 Å². The van der Waals surface area contributed by atoms with Crippen molar-refractivity contribution < 1.29 is 14.3 Å². The molecule has 2 heterocycles. The summed E-state index contributed by atoms with van der Waals surface area (Å²) in [4.78, 5) is 16.9. The van der Waals surface area contributed by atoms with Crippen molar-refractivity contribution in [3.63, 3.8) is 0 Å². The second-order valence-electron chi connectivity index (χ2n) is 4.36. The molecule has 3 aromatic rings. The zero-order valence-corrected chi connectivity index (χ0v) is 12.3. The van der Waals surface area contributed by atoms with Crippen molar-refractivity contribution in [2.45, 2.75) is 13.5 Å². The molecule has 108 valence electrons. The molecule has 0 spiro atoms. The van der Waals surface area contributed by atoms with Crippen LogP contribution < -0.4 is 4.74 Å². The first-order valence-corrected chi connectivity index (χ1v) is 7.45. The Morgan fingerprint density at radius 1 is 1.33 bits per heavy atom. The average molecular weight is 302 g/mol. The van der Waals surface area contributed by atoms with Crippen molar-refractivity contribution in [3.8, 4) is 5.75 Å². The highest BCUT2D eigenvalue weighted by atomic mass is 32.1. The van der Waals surface area contributed by atoms with E-state index in [1.54, 1.807) is 42.5 Å². The first-order valence-electron chi connectivity index (χ1n) is 6.57. The van der Waals surface area contributed by atoms with E-state index in [9.17, 15) is 4.79 Å². The van der Waals surface area contributed by atoms with Crippen molar-refractivity contribution in [2.24, 2.45) is 0 Å². The number of benzene rings is 1. The van der Waals surface area contributed by atoms with Crippen LogP contribution in [0.1, 0.15) is 23.0 Å². The van der Waals surface area contributed by atoms with Crippen LogP contribution in [-0.4, -0.2) is 22.0 Å². The summed E-state index contributed by atoms with van der Waals surface area (Å²) in [6.45, 7) is 2.55. The molecule has 3 rings (SSSR count). The molecule has 0 saturated heterocycles. The van der Waals surface area contributed by atoms with E-state index < -0.39 is 0 Å². The Kier molecular flexibility index (Phi) is 3.87. The van der Waals surface area contributed by atoms with Crippen LogP contribution >= 0.6 is 11.3 Å². The van der Waals surface area contributed by atoms with Crippen LogP contribution in [0.5, 0.6) is 5.75 Å². The molecule has 6 heteroatoms. The van der Waals surface area contributed by atoms with Gasteiger partial charge in [0, 0.05) is 17.8 Å². The largest absolute Gasteiger partial charge is 0.487 e. The van der Waals surface area contributed by atoms with Crippen molar-refractivity contribution in [2.75, 3.05) is 6.61 Å². The van der Waals surface area contributed by atoms with Crippen LogP contribution in [0.15, 0.2) is 42.0 Å². The van der Waals surface area contributed by atoms with Crippen LogP contribution in [-0.2, 0) is 11.3 Å². The van der Waals surface area contributed by atoms with Gasteiger partial charge in [-0.2, -0.15) is 0 Å². The minimum absolute atomic E-state index is 0.321. The third kappa shape index (κ3) is 3.05. The number of hydrogen-bond donors (Lipinski definition) is 0. The summed E-state index contributed by atoms with van der Waals surface area (Å²) >= 11 is 1.58. The van der Waals surface area contributed by atoms with E-state index >= 15 is 0 Å². The lowest BCUT2D eigenvalue weighted by molar-refractivity contribution is 0.0526. The molecule has 0 fully saturated rings. The number of carbonyl (C=O) groups excluding carboxylic acids is 1. The van der Waals surface area contributed by atoms with E-state index in [4.69, 9.17) is 9.47 Å². The number of imidazole rings is 1. The second kappa shape index (κ2) is 5.97. The molecule has 0 atom stereocenters. The average Bonchev–Trinajstić information content (AvgIpc) is 3.07. The van der Waals surface area contributed by atoms with Gasteiger partial charge in [-0.05, 0) is 31.2 Å². The first kappa shape index (κ1) is 13.6. The fourth-order valence-electron chi connectivity index (χ4n) is 1.90. The maximum atomic E-state index is 11.5. The topological polar surface area (TPSA) is 52.8 Å². The smallest absolute Gasteiger partial charge is 0.338 e. The molecule has 0 unspecified atom stereocenters. The summed E-state index contributed by atoms with van der Waals surface area (Å²) in [5.74, 6) is 0.373. The predicted molar refractivity (Wildman–Crippen MR) is 79.8 cm³/mol. The number of fused-ring (bicyclic) bond motifs is 1. The zero-order valence-electron chi connectivity index (χ0n) is 11.5. The Hall–Kier alpha value is -2.34. The van der Waals surface area contributed by atoms with Crippen molar-refractivity contribution in [1.82, 2.24) is 9.38 Å². The Morgan fingerprint density at radius 2 is 2.14 bits per heavy atom. The SMILES string of the molecule is CCOC(=O)c1ccc(OCc2cn3ccsc3n2)cc1. The highest BCUT2D eigenvalue weighted by Gasteiger charge is 2.07. The van der Waals surface area contributed by atoms with Gasteiger partial charge in [-0.15, -0.1) is 11.3 Å². The minimum atomic E-state index is -0.321. The summed E-state index contributed by atoms with van der Waals surface area (Å²) in [5, 5.41) is 1.99. The molecule has 0 amide bonds.